The molecule has 2 heterocycles. The number of carbonyl (C=O) groups is 2. The van der Waals surface area contributed by atoms with Crippen LogP contribution in [0.25, 0.3) is 22.2 Å². The fourth-order valence-corrected chi connectivity index (χ4v) is 5.08. The lowest BCUT2D eigenvalue weighted by Crippen LogP contribution is -2.37. The third-order valence-electron chi connectivity index (χ3n) is 6.82. The van der Waals surface area contributed by atoms with E-state index in [4.69, 9.17) is 14.0 Å². The largest absolute Gasteiger partial charge is 0.466 e. The zero-order valence-electron chi connectivity index (χ0n) is 20.3. The molecule has 0 spiro atoms. The number of aromatic nitrogens is 1. The van der Waals surface area contributed by atoms with Crippen molar-refractivity contribution in [2.75, 3.05) is 49.7 Å². The highest BCUT2D eigenvalue weighted by Gasteiger charge is 2.34. The van der Waals surface area contributed by atoms with Crippen molar-refractivity contribution in [2.45, 2.75) is 33.1 Å². The van der Waals surface area contributed by atoms with Crippen molar-refractivity contribution < 1.29 is 23.6 Å². The van der Waals surface area contributed by atoms with Crippen LogP contribution in [0.5, 0.6) is 0 Å². The van der Waals surface area contributed by atoms with Crippen molar-refractivity contribution in [3.63, 3.8) is 0 Å². The molecule has 0 saturated carbocycles. The van der Waals surface area contributed by atoms with Gasteiger partial charge in [0.05, 0.1) is 29.2 Å². The minimum absolute atomic E-state index is 0.0267. The second kappa shape index (κ2) is 10.1. The molecule has 8 heteroatoms. The first-order valence-electron chi connectivity index (χ1n) is 12.5. The van der Waals surface area contributed by atoms with E-state index in [1.54, 1.807) is 0 Å². The van der Waals surface area contributed by atoms with Gasteiger partial charge in [0, 0.05) is 49.7 Å². The van der Waals surface area contributed by atoms with Crippen LogP contribution in [0.2, 0.25) is 0 Å². The SMILES string of the molecule is CCOCCCNc1cc(N2CCC(C(=O)OCC)CC2)c2noc3c2c1C(=O)c1ccccc1-3. The minimum Gasteiger partial charge on any atom is -0.466 e. The minimum atomic E-state index is -0.121. The fraction of sp³-hybridized carbons (Fsp3) is 0.444. The number of esters is 1. The zero-order valence-corrected chi connectivity index (χ0v) is 20.3. The maximum Gasteiger partial charge on any atom is 0.309 e. The normalized spacial score (nSPS) is 15.4. The van der Waals surface area contributed by atoms with E-state index in [9.17, 15) is 9.59 Å². The first kappa shape index (κ1) is 23.4. The van der Waals surface area contributed by atoms with Gasteiger partial charge in [-0.15, -0.1) is 0 Å². The number of fused-ring (bicyclic) bond motifs is 2. The van der Waals surface area contributed by atoms with E-state index < -0.39 is 0 Å². The Labute approximate surface area is 204 Å². The zero-order chi connectivity index (χ0) is 24.4. The van der Waals surface area contributed by atoms with E-state index in [1.807, 2.05) is 44.2 Å². The van der Waals surface area contributed by atoms with Crippen LogP contribution >= 0.6 is 0 Å². The molecule has 35 heavy (non-hydrogen) atoms. The summed E-state index contributed by atoms with van der Waals surface area (Å²) in [6.45, 7) is 7.64. The van der Waals surface area contributed by atoms with Crippen LogP contribution in [0.15, 0.2) is 34.9 Å². The molecule has 0 amide bonds. The third-order valence-corrected chi connectivity index (χ3v) is 6.82. The Morgan fingerprint density at radius 3 is 2.69 bits per heavy atom. The van der Waals surface area contributed by atoms with Crippen LogP contribution in [0.4, 0.5) is 11.4 Å². The summed E-state index contributed by atoms with van der Waals surface area (Å²) in [6, 6.07) is 9.53. The van der Waals surface area contributed by atoms with E-state index in [0.29, 0.717) is 74.7 Å². The summed E-state index contributed by atoms with van der Waals surface area (Å²) in [5.41, 5.74) is 4.39. The predicted molar refractivity (Wildman–Crippen MR) is 134 cm³/mol. The first-order valence-corrected chi connectivity index (χ1v) is 12.5. The molecule has 184 valence electrons. The predicted octanol–water partition coefficient (Wildman–Crippen LogP) is 4.66. The highest BCUT2D eigenvalue weighted by atomic mass is 16.5. The monoisotopic (exact) mass is 477 g/mol. The standard InChI is InChI=1S/C27H31N3O5/c1-3-33-15-7-12-28-20-16-21(30-13-10-17(11-14-30)27(32)34-4-2)24-23-22(20)25(31)18-8-5-6-9-19(18)26(23)35-29-24/h5-6,8-9,16-17,28H,3-4,7,10-15H2,1-2H3. The molecule has 1 aliphatic heterocycles. The second-order valence-corrected chi connectivity index (χ2v) is 8.92. The molecular formula is C27H31N3O5. The van der Waals surface area contributed by atoms with E-state index in [1.165, 1.54) is 0 Å². The average Bonchev–Trinajstić information content (AvgIpc) is 3.33. The number of ketones is 1. The molecule has 0 atom stereocenters. The lowest BCUT2D eigenvalue weighted by atomic mass is 9.86. The molecule has 1 fully saturated rings. The lowest BCUT2D eigenvalue weighted by molar-refractivity contribution is -0.148. The van der Waals surface area contributed by atoms with Crippen molar-refractivity contribution in [1.82, 2.24) is 5.16 Å². The van der Waals surface area contributed by atoms with Gasteiger partial charge < -0.3 is 24.2 Å². The van der Waals surface area contributed by atoms with E-state index in [0.717, 1.165) is 28.7 Å². The number of anilines is 2. The molecule has 2 aliphatic rings. The molecule has 1 N–H and O–H groups in total. The van der Waals surface area contributed by atoms with Gasteiger partial charge in [-0.3, -0.25) is 9.59 Å². The Morgan fingerprint density at radius 1 is 1.17 bits per heavy atom. The topological polar surface area (TPSA) is 93.9 Å². The first-order chi connectivity index (χ1) is 17.1. The van der Waals surface area contributed by atoms with Crippen molar-refractivity contribution in [3.8, 4) is 11.3 Å². The second-order valence-electron chi connectivity index (χ2n) is 8.92. The summed E-state index contributed by atoms with van der Waals surface area (Å²) in [5, 5.41) is 8.67. The molecular weight excluding hydrogens is 446 g/mol. The van der Waals surface area contributed by atoms with Crippen molar-refractivity contribution in [1.29, 1.82) is 0 Å². The maximum absolute atomic E-state index is 13.6. The van der Waals surface area contributed by atoms with Crippen LogP contribution in [-0.2, 0) is 14.3 Å². The van der Waals surface area contributed by atoms with Crippen LogP contribution in [-0.4, -0.2) is 56.4 Å². The van der Waals surface area contributed by atoms with Gasteiger partial charge in [-0.2, -0.15) is 0 Å². The molecule has 1 aromatic heterocycles. The molecule has 0 unspecified atom stereocenters. The van der Waals surface area contributed by atoms with Crippen LogP contribution in [0.3, 0.4) is 0 Å². The summed E-state index contributed by atoms with van der Waals surface area (Å²) in [4.78, 5) is 28.1. The Bertz CT molecular complexity index is 1240. The molecule has 1 saturated heterocycles. The summed E-state index contributed by atoms with van der Waals surface area (Å²) in [5.74, 6) is 0.397. The number of nitrogens with zero attached hydrogens (tertiary/aromatic N) is 2. The van der Waals surface area contributed by atoms with Crippen LogP contribution in [0, 0.1) is 5.92 Å². The quantitative estimate of drug-likeness (QED) is 0.275. The number of hydrogen-bond acceptors (Lipinski definition) is 8. The van der Waals surface area contributed by atoms with E-state index >= 15 is 0 Å². The smallest absolute Gasteiger partial charge is 0.309 e. The number of ether oxygens (including phenoxy) is 2. The Hall–Kier alpha value is -3.39. The van der Waals surface area contributed by atoms with Gasteiger partial charge in [0.1, 0.15) is 5.52 Å². The number of benzene rings is 2. The highest BCUT2D eigenvalue weighted by Crippen LogP contribution is 2.46. The van der Waals surface area contributed by atoms with Gasteiger partial charge in [0.25, 0.3) is 0 Å². The lowest BCUT2D eigenvalue weighted by Gasteiger charge is -2.33. The van der Waals surface area contributed by atoms with Crippen LogP contribution < -0.4 is 10.2 Å². The Kier molecular flexibility index (Phi) is 6.72. The van der Waals surface area contributed by atoms with E-state index in [-0.39, 0.29) is 17.7 Å². The van der Waals surface area contributed by atoms with E-state index in [2.05, 4.69) is 15.4 Å². The molecule has 2 aromatic carbocycles. The fourth-order valence-electron chi connectivity index (χ4n) is 5.08. The van der Waals surface area contributed by atoms with Crippen molar-refractivity contribution in [3.05, 3.63) is 41.5 Å². The number of hydrogen-bond donors (Lipinski definition) is 1. The van der Waals surface area contributed by atoms with Gasteiger partial charge in [-0.05, 0) is 39.2 Å². The Morgan fingerprint density at radius 2 is 1.94 bits per heavy atom. The molecule has 0 bridgehead atoms. The van der Waals surface area contributed by atoms with Gasteiger partial charge >= 0.3 is 5.97 Å². The maximum atomic E-state index is 13.6. The third kappa shape index (κ3) is 4.27. The average molecular weight is 478 g/mol. The molecule has 1 aliphatic carbocycles. The number of rotatable bonds is 9. The summed E-state index contributed by atoms with van der Waals surface area (Å²) in [6.07, 6.45) is 2.25. The highest BCUT2D eigenvalue weighted by molar-refractivity contribution is 6.28. The number of piperidine rings is 1. The summed E-state index contributed by atoms with van der Waals surface area (Å²) in [7, 11) is 0. The number of nitrogens with one attached hydrogen (secondary N) is 1. The molecule has 5 rings (SSSR count). The number of carbonyl (C=O) groups excluding carboxylic acids is 2. The van der Waals surface area contributed by atoms with Crippen molar-refractivity contribution in [2.24, 2.45) is 5.92 Å². The Balaban J connectivity index is 1.52. The van der Waals surface area contributed by atoms with Crippen molar-refractivity contribution >= 4 is 34.0 Å². The van der Waals surface area contributed by atoms with Crippen LogP contribution in [0.1, 0.15) is 49.0 Å². The molecule has 0 radical (unpaired) electrons. The van der Waals surface area contributed by atoms with Gasteiger partial charge in [-0.25, -0.2) is 0 Å². The van der Waals surface area contributed by atoms with Gasteiger partial charge in [0.2, 0.25) is 0 Å². The summed E-state index contributed by atoms with van der Waals surface area (Å²) >= 11 is 0. The van der Waals surface area contributed by atoms with Gasteiger partial charge in [0.15, 0.2) is 11.5 Å². The summed E-state index contributed by atoms with van der Waals surface area (Å²) < 4.78 is 16.6. The molecule has 8 nitrogen and oxygen atoms in total. The molecule has 3 aromatic rings. The van der Waals surface area contributed by atoms with Gasteiger partial charge in [-0.1, -0.05) is 29.4 Å².